The van der Waals surface area contributed by atoms with Crippen LogP contribution in [0.3, 0.4) is 0 Å². The van der Waals surface area contributed by atoms with Gasteiger partial charge in [-0.2, -0.15) is 0 Å². The lowest BCUT2D eigenvalue weighted by Crippen LogP contribution is -2.44. The number of nitrogens with zero attached hydrogens (tertiary/aromatic N) is 1. The van der Waals surface area contributed by atoms with E-state index in [0.29, 0.717) is 0 Å². The van der Waals surface area contributed by atoms with Crippen LogP contribution in [0, 0.1) is 0 Å². The van der Waals surface area contributed by atoms with Gasteiger partial charge in [-0.05, 0) is 13.5 Å². The Morgan fingerprint density at radius 2 is 2.14 bits per heavy atom. The van der Waals surface area contributed by atoms with Crippen LogP contribution in [0.25, 0.3) is 0 Å². The fourth-order valence-corrected chi connectivity index (χ4v) is 0.503. The van der Waals surface area contributed by atoms with Crippen molar-refractivity contribution in [2.75, 3.05) is 13.6 Å². The molecule has 1 atom stereocenters. The third-order valence-corrected chi connectivity index (χ3v) is 1.25. The predicted octanol–water partition coefficient (Wildman–Crippen LogP) is 0.276. The van der Waals surface area contributed by atoms with Crippen molar-refractivity contribution in [3.63, 3.8) is 0 Å². The van der Waals surface area contributed by atoms with Crippen molar-refractivity contribution in [3.8, 4) is 0 Å². The molecule has 0 aromatic heterocycles. The summed E-state index contributed by atoms with van der Waals surface area (Å²) < 4.78 is 0. The van der Waals surface area contributed by atoms with Gasteiger partial charge in [0.05, 0.1) is 0 Å². The highest BCUT2D eigenvalue weighted by molar-refractivity contribution is 4.67. The molecule has 2 heteroatoms. The minimum absolute atomic E-state index is 0. The lowest BCUT2D eigenvalue weighted by atomic mass is 10.2. The van der Waals surface area contributed by atoms with Crippen molar-refractivity contribution in [2.24, 2.45) is 0 Å². The first-order chi connectivity index (χ1) is 2.80. The van der Waals surface area contributed by atoms with Gasteiger partial charge >= 0.3 is 0 Å². The molecule has 0 amide bonds. The van der Waals surface area contributed by atoms with Crippen LogP contribution >= 0.6 is 0 Å². The van der Waals surface area contributed by atoms with Gasteiger partial charge in [-0.1, -0.05) is 7.43 Å². The summed E-state index contributed by atoms with van der Waals surface area (Å²) in [5.41, 5.74) is 0. The van der Waals surface area contributed by atoms with E-state index >= 15 is 0 Å². The fraction of sp³-hybridized carbons (Fsp3) is 1.00. The minimum atomic E-state index is -0.134. The van der Waals surface area contributed by atoms with Gasteiger partial charge in [-0.3, -0.25) is 4.90 Å². The number of aliphatic hydroxyl groups is 1. The first-order valence-corrected chi connectivity index (χ1v) is 2.19. The Bertz CT molecular complexity index is 48.0. The maximum absolute atomic E-state index is 8.64. The maximum atomic E-state index is 8.64. The van der Waals surface area contributed by atoms with Crippen LogP contribution in [-0.4, -0.2) is 29.8 Å². The third-order valence-electron chi connectivity index (χ3n) is 1.25. The quantitative estimate of drug-likeness (QED) is 0.476. The van der Waals surface area contributed by atoms with E-state index in [0.717, 1.165) is 13.0 Å². The third kappa shape index (κ3) is 1.14. The Morgan fingerprint density at radius 3 is 2.14 bits per heavy atom. The SMILES string of the molecule is C.CN1CCC1O. The predicted molar refractivity (Wildman–Crippen MR) is 30.0 cm³/mol. The Morgan fingerprint density at radius 1 is 1.71 bits per heavy atom. The van der Waals surface area contributed by atoms with Gasteiger partial charge in [0, 0.05) is 6.54 Å². The second-order valence-corrected chi connectivity index (χ2v) is 1.75. The highest BCUT2D eigenvalue weighted by Gasteiger charge is 2.19. The largest absolute Gasteiger partial charge is 0.378 e. The molecule has 0 aliphatic carbocycles. The zero-order chi connectivity index (χ0) is 4.57. The van der Waals surface area contributed by atoms with Crippen LogP contribution in [-0.2, 0) is 0 Å². The summed E-state index contributed by atoms with van der Waals surface area (Å²) in [7, 11) is 1.91. The summed E-state index contributed by atoms with van der Waals surface area (Å²) in [5.74, 6) is 0. The lowest BCUT2D eigenvalue weighted by Gasteiger charge is -2.32. The smallest absolute Gasteiger partial charge is 0.108 e. The van der Waals surface area contributed by atoms with Gasteiger partial charge in [0.15, 0.2) is 0 Å². The minimum Gasteiger partial charge on any atom is -0.378 e. The molecular formula is C5H13NO. The van der Waals surface area contributed by atoms with Crippen LogP contribution in [0.15, 0.2) is 0 Å². The molecule has 0 aromatic rings. The van der Waals surface area contributed by atoms with Crippen LogP contribution in [0.1, 0.15) is 13.8 Å². The molecule has 0 radical (unpaired) electrons. The van der Waals surface area contributed by atoms with Crippen molar-refractivity contribution in [3.05, 3.63) is 0 Å². The van der Waals surface area contributed by atoms with Crippen molar-refractivity contribution in [2.45, 2.75) is 20.1 Å². The molecule has 1 aliphatic heterocycles. The number of hydrogen-bond donors (Lipinski definition) is 1. The van der Waals surface area contributed by atoms with E-state index in [2.05, 4.69) is 0 Å². The molecular weight excluding hydrogens is 90.1 g/mol. The second kappa shape index (κ2) is 2.28. The summed E-state index contributed by atoms with van der Waals surface area (Å²) in [5, 5.41) is 8.64. The number of likely N-dealkylation sites (tertiary alicyclic amines) is 1. The van der Waals surface area contributed by atoms with Crippen molar-refractivity contribution >= 4 is 0 Å². The molecule has 7 heavy (non-hydrogen) atoms. The number of rotatable bonds is 0. The zero-order valence-corrected chi connectivity index (χ0v) is 3.89. The molecule has 1 N–H and O–H groups in total. The molecule has 0 aromatic carbocycles. The molecule has 0 bridgehead atoms. The highest BCUT2D eigenvalue weighted by Crippen LogP contribution is 2.08. The topological polar surface area (TPSA) is 23.5 Å². The summed E-state index contributed by atoms with van der Waals surface area (Å²) in [6, 6.07) is 0. The summed E-state index contributed by atoms with van der Waals surface area (Å²) in [4.78, 5) is 1.90. The van der Waals surface area contributed by atoms with E-state index < -0.39 is 0 Å². The first-order valence-electron chi connectivity index (χ1n) is 2.19. The molecule has 0 saturated carbocycles. The van der Waals surface area contributed by atoms with E-state index in [9.17, 15) is 0 Å². The molecule has 1 aliphatic rings. The van der Waals surface area contributed by atoms with Crippen LogP contribution in [0.4, 0.5) is 0 Å². The second-order valence-electron chi connectivity index (χ2n) is 1.75. The van der Waals surface area contributed by atoms with E-state index in [1.54, 1.807) is 0 Å². The molecule has 2 nitrogen and oxygen atoms in total. The van der Waals surface area contributed by atoms with Crippen molar-refractivity contribution in [1.29, 1.82) is 0 Å². The van der Waals surface area contributed by atoms with E-state index in [4.69, 9.17) is 5.11 Å². The summed E-state index contributed by atoms with van der Waals surface area (Å²) in [6.07, 6.45) is 0.821. The molecule has 1 saturated heterocycles. The molecule has 44 valence electrons. The molecule has 1 rings (SSSR count). The molecule has 1 unspecified atom stereocenters. The summed E-state index contributed by atoms with van der Waals surface area (Å²) in [6.45, 7) is 1.06. The Labute approximate surface area is 44.8 Å². The van der Waals surface area contributed by atoms with Crippen LogP contribution in [0.2, 0.25) is 0 Å². The van der Waals surface area contributed by atoms with Crippen molar-refractivity contribution in [1.82, 2.24) is 4.90 Å². The van der Waals surface area contributed by atoms with Gasteiger partial charge in [0.1, 0.15) is 6.23 Å². The van der Waals surface area contributed by atoms with Crippen LogP contribution < -0.4 is 0 Å². The molecule has 1 heterocycles. The summed E-state index contributed by atoms with van der Waals surface area (Å²) >= 11 is 0. The van der Waals surface area contributed by atoms with E-state index in [1.807, 2.05) is 11.9 Å². The highest BCUT2D eigenvalue weighted by atomic mass is 16.3. The standard InChI is InChI=1S/C4H9NO.CH4/c1-5-3-2-4(5)6;/h4,6H,2-3H2,1H3;1H4. The fourth-order valence-electron chi connectivity index (χ4n) is 0.503. The Hall–Kier alpha value is -0.0800. The number of hydrogen-bond acceptors (Lipinski definition) is 2. The first kappa shape index (κ1) is 6.92. The normalized spacial score (nSPS) is 30.9. The Balaban J connectivity index is 0.000000360. The average molecular weight is 103 g/mol. The maximum Gasteiger partial charge on any atom is 0.108 e. The molecule has 0 spiro atoms. The lowest BCUT2D eigenvalue weighted by molar-refractivity contribution is -0.0554. The van der Waals surface area contributed by atoms with E-state index in [-0.39, 0.29) is 13.7 Å². The van der Waals surface area contributed by atoms with Crippen molar-refractivity contribution < 1.29 is 5.11 Å². The van der Waals surface area contributed by atoms with Gasteiger partial charge in [0.2, 0.25) is 0 Å². The zero-order valence-electron chi connectivity index (χ0n) is 3.89. The Kier molecular flexibility index (Phi) is 2.26. The van der Waals surface area contributed by atoms with Gasteiger partial charge in [-0.15, -0.1) is 0 Å². The van der Waals surface area contributed by atoms with Gasteiger partial charge in [0.25, 0.3) is 0 Å². The average Bonchev–Trinajstić information content (AvgIpc) is 1.61. The molecule has 1 fully saturated rings. The number of aliphatic hydroxyl groups excluding tert-OH is 1. The monoisotopic (exact) mass is 103 g/mol. The van der Waals surface area contributed by atoms with E-state index in [1.165, 1.54) is 0 Å². The van der Waals surface area contributed by atoms with Gasteiger partial charge < -0.3 is 5.11 Å². The van der Waals surface area contributed by atoms with Crippen LogP contribution in [0.5, 0.6) is 0 Å². The van der Waals surface area contributed by atoms with Gasteiger partial charge in [-0.25, -0.2) is 0 Å².